The molecular formula is C11H5F4N. The van der Waals surface area contributed by atoms with E-state index in [1.165, 1.54) is 12.1 Å². The van der Waals surface area contributed by atoms with Crippen LogP contribution in [0, 0.1) is 23.5 Å². The molecule has 1 nitrogen and oxygen atoms in total. The van der Waals surface area contributed by atoms with Gasteiger partial charge in [-0.05, 0) is 18.2 Å². The van der Waals surface area contributed by atoms with Crippen LogP contribution in [-0.2, 0) is 0 Å². The summed E-state index contributed by atoms with van der Waals surface area (Å²) in [6.07, 6.45) is 0. The Hall–Kier alpha value is -1.91. The van der Waals surface area contributed by atoms with E-state index in [9.17, 15) is 17.6 Å². The number of benzene rings is 1. The van der Waals surface area contributed by atoms with Crippen LogP contribution in [0.5, 0.6) is 0 Å². The molecule has 0 saturated heterocycles. The van der Waals surface area contributed by atoms with Crippen LogP contribution in [0.3, 0.4) is 0 Å². The fourth-order valence-corrected chi connectivity index (χ4v) is 1.32. The van der Waals surface area contributed by atoms with Crippen LogP contribution in [0.25, 0.3) is 11.1 Å². The lowest BCUT2D eigenvalue weighted by Gasteiger charge is -2.04. The monoisotopic (exact) mass is 227 g/mol. The number of rotatable bonds is 1. The van der Waals surface area contributed by atoms with Gasteiger partial charge < -0.3 is 0 Å². The molecule has 0 saturated carbocycles. The first-order chi connectivity index (χ1) is 7.59. The van der Waals surface area contributed by atoms with Crippen LogP contribution in [0.2, 0.25) is 0 Å². The van der Waals surface area contributed by atoms with E-state index in [2.05, 4.69) is 4.98 Å². The molecule has 2 aromatic rings. The average Bonchev–Trinajstić information content (AvgIpc) is 2.23. The van der Waals surface area contributed by atoms with Crippen molar-refractivity contribution in [1.82, 2.24) is 4.98 Å². The Bertz CT molecular complexity index is 540. The van der Waals surface area contributed by atoms with Crippen molar-refractivity contribution >= 4 is 0 Å². The minimum atomic E-state index is -1.19. The third kappa shape index (κ3) is 1.76. The Balaban J connectivity index is 2.63. The summed E-state index contributed by atoms with van der Waals surface area (Å²) in [5.74, 6) is -4.47. The predicted octanol–water partition coefficient (Wildman–Crippen LogP) is 3.31. The Labute approximate surface area is 88.4 Å². The van der Waals surface area contributed by atoms with Crippen LogP contribution in [0.15, 0.2) is 30.3 Å². The Morgan fingerprint density at radius 3 is 2.25 bits per heavy atom. The van der Waals surface area contributed by atoms with E-state index in [4.69, 9.17) is 0 Å². The van der Waals surface area contributed by atoms with Gasteiger partial charge in [-0.25, -0.2) is 8.78 Å². The van der Waals surface area contributed by atoms with Crippen LogP contribution < -0.4 is 0 Å². The van der Waals surface area contributed by atoms with Crippen LogP contribution in [0.1, 0.15) is 0 Å². The summed E-state index contributed by atoms with van der Waals surface area (Å²) in [6.45, 7) is 0. The summed E-state index contributed by atoms with van der Waals surface area (Å²) in [6, 6.07) is 5.22. The second kappa shape index (κ2) is 3.92. The van der Waals surface area contributed by atoms with E-state index in [0.29, 0.717) is 0 Å². The molecule has 0 radical (unpaired) electrons. The summed E-state index contributed by atoms with van der Waals surface area (Å²) < 4.78 is 51.9. The van der Waals surface area contributed by atoms with E-state index in [0.717, 1.165) is 18.2 Å². The fourth-order valence-electron chi connectivity index (χ4n) is 1.32. The normalized spacial score (nSPS) is 10.5. The standard InChI is InChI=1S/C11H5F4N/c12-8-3-1-2-6(10(8)14)7-4-5-9(13)16-11(7)15/h1-5H. The highest BCUT2D eigenvalue weighted by Crippen LogP contribution is 2.25. The Morgan fingerprint density at radius 2 is 1.56 bits per heavy atom. The van der Waals surface area contributed by atoms with Crippen molar-refractivity contribution in [3.05, 3.63) is 53.9 Å². The first-order valence-electron chi connectivity index (χ1n) is 4.36. The number of nitrogens with zero attached hydrogens (tertiary/aromatic N) is 1. The van der Waals surface area contributed by atoms with E-state index in [1.54, 1.807) is 0 Å². The smallest absolute Gasteiger partial charge is 0.204 e. The highest BCUT2D eigenvalue weighted by molar-refractivity contribution is 5.63. The SMILES string of the molecule is Fc1ccc(-c2cccc(F)c2F)c(F)n1. The minimum Gasteiger partial charge on any atom is -0.204 e. The van der Waals surface area contributed by atoms with Crippen molar-refractivity contribution in [3.63, 3.8) is 0 Å². The number of aromatic nitrogens is 1. The molecule has 5 heteroatoms. The molecule has 0 unspecified atom stereocenters. The van der Waals surface area contributed by atoms with Crippen molar-refractivity contribution in [3.8, 4) is 11.1 Å². The molecule has 0 aliphatic rings. The first-order valence-corrected chi connectivity index (χ1v) is 4.36. The summed E-state index contributed by atoms with van der Waals surface area (Å²) in [4.78, 5) is 2.90. The molecule has 16 heavy (non-hydrogen) atoms. The van der Waals surface area contributed by atoms with Gasteiger partial charge in [0.15, 0.2) is 11.6 Å². The summed E-state index contributed by atoms with van der Waals surface area (Å²) in [5, 5.41) is 0. The lowest BCUT2D eigenvalue weighted by Crippen LogP contribution is -1.95. The van der Waals surface area contributed by atoms with Crippen molar-refractivity contribution in [2.45, 2.75) is 0 Å². The third-order valence-corrected chi connectivity index (χ3v) is 2.06. The van der Waals surface area contributed by atoms with Gasteiger partial charge in [0.1, 0.15) is 0 Å². The first kappa shape index (κ1) is 10.6. The third-order valence-electron chi connectivity index (χ3n) is 2.06. The van der Waals surface area contributed by atoms with Gasteiger partial charge in [-0.1, -0.05) is 12.1 Å². The lowest BCUT2D eigenvalue weighted by molar-refractivity contribution is 0.503. The van der Waals surface area contributed by atoms with E-state index >= 15 is 0 Å². The largest absolute Gasteiger partial charge is 0.223 e. The number of hydrogen-bond acceptors (Lipinski definition) is 1. The van der Waals surface area contributed by atoms with Gasteiger partial charge in [0.2, 0.25) is 11.9 Å². The van der Waals surface area contributed by atoms with E-state index in [-0.39, 0.29) is 11.1 Å². The summed E-state index contributed by atoms with van der Waals surface area (Å²) >= 11 is 0. The number of hydrogen-bond donors (Lipinski definition) is 0. The highest BCUT2D eigenvalue weighted by Gasteiger charge is 2.14. The molecule has 0 bridgehead atoms. The molecule has 0 aliphatic carbocycles. The van der Waals surface area contributed by atoms with Crippen molar-refractivity contribution in [2.75, 3.05) is 0 Å². The minimum absolute atomic E-state index is 0.279. The molecule has 0 N–H and O–H groups in total. The van der Waals surface area contributed by atoms with Crippen LogP contribution in [-0.4, -0.2) is 4.98 Å². The van der Waals surface area contributed by atoms with Crippen LogP contribution >= 0.6 is 0 Å². The van der Waals surface area contributed by atoms with E-state index in [1.807, 2.05) is 0 Å². The molecule has 0 spiro atoms. The maximum Gasteiger partial charge on any atom is 0.223 e. The van der Waals surface area contributed by atoms with Gasteiger partial charge in [0.05, 0.1) is 0 Å². The van der Waals surface area contributed by atoms with Crippen molar-refractivity contribution in [2.24, 2.45) is 0 Å². The van der Waals surface area contributed by atoms with Crippen molar-refractivity contribution < 1.29 is 17.6 Å². The molecule has 0 atom stereocenters. The molecule has 0 aliphatic heterocycles. The van der Waals surface area contributed by atoms with Gasteiger partial charge in [-0.15, -0.1) is 0 Å². The summed E-state index contributed by atoms with van der Waals surface area (Å²) in [5.41, 5.74) is -0.566. The number of pyridine rings is 1. The maximum atomic E-state index is 13.3. The zero-order valence-electron chi connectivity index (χ0n) is 7.85. The highest BCUT2D eigenvalue weighted by atomic mass is 19.2. The molecule has 0 fully saturated rings. The summed E-state index contributed by atoms with van der Waals surface area (Å²) in [7, 11) is 0. The second-order valence-corrected chi connectivity index (χ2v) is 3.07. The number of halogens is 4. The van der Waals surface area contributed by atoms with Crippen LogP contribution in [0.4, 0.5) is 17.6 Å². The van der Waals surface area contributed by atoms with Gasteiger partial charge in [-0.3, -0.25) is 0 Å². The predicted molar refractivity (Wildman–Crippen MR) is 49.5 cm³/mol. The topological polar surface area (TPSA) is 12.9 Å². The molecular weight excluding hydrogens is 222 g/mol. The zero-order valence-corrected chi connectivity index (χ0v) is 7.85. The quantitative estimate of drug-likeness (QED) is 0.538. The zero-order chi connectivity index (χ0) is 11.7. The fraction of sp³-hybridized carbons (Fsp3) is 0. The van der Waals surface area contributed by atoms with Crippen molar-refractivity contribution in [1.29, 1.82) is 0 Å². The Kier molecular flexibility index (Phi) is 2.60. The molecule has 1 aromatic heterocycles. The van der Waals surface area contributed by atoms with Gasteiger partial charge in [-0.2, -0.15) is 13.8 Å². The van der Waals surface area contributed by atoms with E-state index < -0.39 is 23.5 Å². The maximum absolute atomic E-state index is 13.3. The lowest BCUT2D eigenvalue weighted by atomic mass is 10.1. The molecule has 1 heterocycles. The molecule has 1 aromatic carbocycles. The molecule has 0 amide bonds. The molecule has 82 valence electrons. The Morgan fingerprint density at radius 1 is 0.812 bits per heavy atom. The molecule has 2 rings (SSSR count). The average molecular weight is 227 g/mol. The van der Waals surface area contributed by atoms with Gasteiger partial charge >= 0.3 is 0 Å². The van der Waals surface area contributed by atoms with Gasteiger partial charge in [0.25, 0.3) is 0 Å². The second-order valence-electron chi connectivity index (χ2n) is 3.07. The van der Waals surface area contributed by atoms with Gasteiger partial charge in [0, 0.05) is 11.1 Å².